The Morgan fingerprint density at radius 2 is 1.77 bits per heavy atom. The fraction of sp³-hybridized carbons (Fsp3) is 0.222. The standard InChI is InChI=1S/C18H15Cl2NO3S2/c19-13-2-1-3-14(16(13)20)21-15(22)10-24-17(23)11-4-6-12(7-5-11)18-25-8-9-26-18/h1-7,18H,8-10H2,(H,21,22). The monoisotopic (exact) mass is 427 g/mol. The summed E-state index contributed by atoms with van der Waals surface area (Å²) in [5.41, 5.74) is 1.97. The van der Waals surface area contributed by atoms with Crippen LogP contribution in [0.4, 0.5) is 5.69 Å². The van der Waals surface area contributed by atoms with Gasteiger partial charge < -0.3 is 10.1 Å². The maximum absolute atomic E-state index is 12.1. The summed E-state index contributed by atoms with van der Waals surface area (Å²) in [6.07, 6.45) is 0. The van der Waals surface area contributed by atoms with Crippen molar-refractivity contribution in [3.63, 3.8) is 0 Å². The van der Waals surface area contributed by atoms with Gasteiger partial charge in [-0.1, -0.05) is 41.4 Å². The lowest BCUT2D eigenvalue weighted by atomic mass is 10.1. The topological polar surface area (TPSA) is 55.4 Å². The first-order valence-electron chi connectivity index (χ1n) is 7.79. The first-order chi connectivity index (χ1) is 12.5. The van der Waals surface area contributed by atoms with E-state index < -0.39 is 18.5 Å². The molecule has 0 unspecified atom stereocenters. The molecule has 3 rings (SSSR count). The van der Waals surface area contributed by atoms with Crippen LogP contribution in [0.1, 0.15) is 20.5 Å². The van der Waals surface area contributed by atoms with Gasteiger partial charge >= 0.3 is 5.97 Å². The molecule has 0 bridgehead atoms. The third-order valence-electron chi connectivity index (χ3n) is 3.60. The van der Waals surface area contributed by atoms with Crippen molar-refractivity contribution in [2.75, 3.05) is 23.4 Å². The van der Waals surface area contributed by atoms with Gasteiger partial charge in [-0.3, -0.25) is 4.79 Å². The molecule has 2 aromatic carbocycles. The van der Waals surface area contributed by atoms with Gasteiger partial charge in [-0.2, -0.15) is 0 Å². The molecule has 8 heteroatoms. The summed E-state index contributed by atoms with van der Waals surface area (Å²) in [5, 5.41) is 3.14. The number of nitrogens with one attached hydrogen (secondary N) is 1. The molecule has 0 radical (unpaired) electrons. The zero-order valence-corrected chi connectivity index (χ0v) is 16.7. The number of anilines is 1. The van der Waals surface area contributed by atoms with Gasteiger partial charge in [0.2, 0.25) is 0 Å². The second-order valence-electron chi connectivity index (χ2n) is 5.42. The number of benzene rings is 2. The lowest BCUT2D eigenvalue weighted by Gasteiger charge is -2.10. The van der Waals surface area contributed by atoms with Crippen molar-refractivity contribution < 1.29 is 14.3 Å². The van der Waals surface area contributed by atoms with Gasteiger partial charge in [0.25, 0.3) is 5.91 Å². The third-order valence-corrected chi connectivity index (χ3v) is 7.52. The molecule has 26 heavy (non-hydrogen) atoms. The predicted molar refractivity (Wildman–Crippen MR) is 109 cm³/mol. The molecule has 1 N–H and O–H groups in total. The normalized spacial score (nSPS) is 14.2. The number of thioether (sulfide) groups is 2. The van der Waals surface area contributed by atoms with Crippen molar-refractivity contribution in [3.05, 3.63) is 63.6 Å². The Morgan fingerprint density at radius 3 is 2.46 bits per heavy atom. The van der Waals surface area contributed by atoms with Crippen LogP contribution >= 0.6 is 46.7 Å². The van der Waals surface area contributed by atoms with E-state index in [4.69, 9.17) is 27.9 Å². The molecule has 0 saturated carbocycles. The van der Waals surface area contributed by atoms with Crippen molar-refractivity contribution in [2.45, 2.75) is 4.58 Å². The average Bonchev–Trinajstić information content (AvgIpc) is 3.18. The van der Waals surface area contributed by atoms with Crippen LogP contribution in [0.5, 0.6) is 0 Å². The van der Waals surface area contributed by atoms with Gasteiger partial charge in [0, 0.05) is 11.5 Å². The summed E-state index contributed by atoms with van der Waals surface area (Å²) in [7, 11) is 0. The SMILES string of the molecule is O=C(COC(=O)c1ccc(C2SCCS2)cc1)Nc1cccc(Cl)c1Cl. The highest BCUT2D eigenvalue weighted by atomic mass is 35.5. The average molecular weight is 428 g/mol. The van der Waals surface area contributed by atoms with Crippen molar-refractivity contribution in [2.24, 2.45) is 0 Å². The lowest BCUT2D eigenvalue weighted by molar-refractivity contribution is -0.119. The van der Waals surface area contributed by atoms with Crippen LogP contribution < -0.4 is 5.32 Å². The molecule has 1 fully saturated rings. The maximum atomic E-state index is 12.1. The highest BCUT2D eigenvalue weighted by Crippen LogP contribution is 2.45. The fourth-order valence-corrected chi connectivity index (χ4v) is 5.54. The summed E-state index contributed by atoms with van der Waals surface area (Å²) in [4.78, 5) is 24.0. The molecule has 1 heterocycles. The summed E-state index contributed by atoms with van der Waals surface area (Å²) >= 11 is 15.7. The second-order valence-corrected chi connectivity index (χ2v) is 8.93. The molecular formula is C18H15Cl2NO3S2. The summed E-state index contributed by atoms with van der Waals surface area (Å²) in [5.74, 6) is 1.25. The van der Waals surface area contributed by atoms with Crippen LogP contribution in [-0.2, 0) is 9.53 Å². The summed E-state index contributed by atoms with van der Waals surface area (Å²) in [6, 6.07) is 12.2. The third kappa shape index (κ3) is 4.88. The Morgan fingerprint density at radius 1 is 1.08 bits per heavy atom. The Kier molecular flexibility index (Phi) is 6.75. The molecule has 0 spiro atoms. The number of halogens is 2. The number of hydrogen-bond acceptors (Lipinski definition) is 5. The molecule has 1 aliphatic heterocycles. The minimum absolute atomic E-state index is 0.243. The van der Waals surface area contributed by atoms with Gasteiger partial charge in [-0.25, -0.2) is 4.79 Å². The lowest BCUT2D eigenvalue weighted by Crippen LogP contribution is -2.21. The van der Waals surface area contributed by atoms with E-state index in [-0.39, 0.29) is 5.02 Å². The van der Waals surface area contributed by atoms with Crippen LogP contribution in [0.2, 0.25) is 10.0 Å². The van der Waals surface area contributed by atoms with Crippen LogP contribution in [0.25, 0.3) is 0 Å². The van der Waals surface area contributed by atoms with Crippen LogP contribution in [0.3, 0.4) is 0 Å². The van der Waals surface area contributed by atoms with E-state index in [0.717, 1.165) is 11.5 Å². The molecule has 136 valence electrons. The van der Waals surface area contributed by atoms with Gasteiger partial charge in [-0.15, -0.1) is 23.5 Å². The molecule has 0 aromatic heterocycles. The van der Waals surface area contributed by atoms with Crippen molar-refractivity contribution in [1.82, 2.24) is 0 Å². The second kappa shape index (κ2) is 9.04. The number of carbonyl (C=O) groups excluding carboxylic acids is 2. The fourth-order valence-electron chi connectivity index (χ4n) is 2.33. The first kappa shape index (κ1) is 19.4. The highest BCUT2D eigenvalue weighted by Gasteiger charge is 2.19. The van der Waals surface area contributed by atoms with Crippen LogP contribution in [-0.4, -0.2) is 30.0 Å². The molecule has 2 aromatic rings. The molecular weight excluding hydrogens is 413 g/mol. The summed E-state index contributed by atoms with van der Waals surface area (Å²) in [6.45, 7) is -0.405. The van der Waals surface area contributed by atoms with Gasteiger partial charge in [0.05, 0.1) is 25.9 Å². The molecule has 0 aliphatic carbocycles. The van der Waals surface area contributed by atoms with Crippen molar-refractivity contribution >= 4 is 64.3 Å². The van der Waals surface area contributed by atoms with Gasteiger partial charge in [-0.05, 0) is 29.8 Å². The Bertz CT molecular complexity index is 809. The van der Waals surface area contributed by atoms with E-state index in [1.54, 1.807) is 30.3 Å². The van der Waals surface area contributed by atoms with E-state index in [9.17, 15) is 9.59 Å². The van der Waals surface area contributed by atoms with Crippen molar-refractivity contribution in [1.29, 1.82) is 0 Å². The number of rotatable bonds is 5. The van der Waals surface area contributed by atoms with E-state index in [0.29, 0.717) is 20.9 Å². The van der Waals surface area contributed by atoms with Crippen LogP contribution in [0, 0.1) is 0 Å². The first-order valence-corrected chi connectivity index (χ1v) is 10.6. The van der Waals surface area contributed by atoms with E-state index in [1.165, 1.54) is 5.56 Å². The Labute approximate surface area is 170 Å². The molecule has 1 amide bonds. The van der Waals surface area contributed by atoms with Gasteiger partial charge in [0.1, 0.15) is 0 Å². The Balaban J connectivity index is 1.53. The molecule has 1 saturated heterocycles. The summed E-state index contributed by atoms with van der Waals surface area (Å²) < 4.78 is 5.48. The highest BCUT2D eigenvalue weighted by molar-refractivity contribution is 8.19. The van der Waals surface area contributed by atoms with E-state index >= 15 is 0 Å². The number of hydrogen-bond donors (Lipinski definition) is 1. The smallest absolute Gasteiger partial charge is 0.338 e. The van der Waals surface area contributed by atoms with E-state index in [1.807, 2.05) is 35.7 Å². The number of esters is 1. The van der Waals surface area contributed by atoms with Crippen LogP contribution in [0.15, 0.2) is 42.5 Å². The zero-order chi connectivity index (χ0) is 18.5. The molecule has 0 atom stereocenters. The number of amides is 1. The Hall–Kier alpha value is -1.34. The number of carbonyl (C=O) groups is 2. The maximum Gasteiger partial charge on any atom is 0.338 e. The van der Waals surface area contributed by atoms with Crippen molar-refractivity contribution in [3.8, 4) is 0 Å². The largest absolute Gasteiger partial charge is 0.452 e. The zero-order valence-electron chi connectivity index (χ0n) is 13.5. The molecule has 4 nitrogen and oxygen atoms in total. The molecule has 1 aliphatic rings. The minimum Gasteiger partial charge on any atom is -0.452 e. The predicted octanol–water partition coefficient (Wildman–Crippen LogP) is 5.27. The quantitative estimate of drug-likeness (QED) is 0.658. The minimum atomic E-state index is -0.546. The van der Waals surface area contributed by atoms with Gasteiger partial charge in [0.15, 0.2) is 6.61 Å². The van der Waals surface area contributed by atoms with E-state index in [2.05, 4.69) is 5.32 Å². The number of ether oxygens (including phenoxy) is 1.